The van der Waals surface area contributed by atoms with Crippen LogP contribution in [0.3, 0.4) is 0 Å². The van der Waals surface area contributed by atoms with Gasteiger partial charge in [-0.2, -0.15) is 0 Å². The van der Waals surface area contributed by atoms with Crippen LogP contribution >= 0.6 is 0 Å². The molecule has 0 saturated carbocycles. The zero-order chi connectivity index (χ0) is 17.8. The third kappa shape index (κ3) is 2.04. The SMILES string of the molecule is COc1ccc2ccc3ccc4ccc5c(C)ccc(C)c5c4c3c2c1. The fourth-order valence-electron chi connectivity index (χ4n) is 4.23. The first-order chi connectivity index (χ1) is 12.7. The van der Waals surface area contributed by atoms with Gasteiger partial charge in [-0.25, -0.2) is 0 Å². The summed E-state index contributed by atoms with van der Waals surface area (Å²) in [6.45, 7) is 4.41. The summed E-state index contributed by atoms with van der Waals surface area (Å²) >= 11 is 0. The minimum absolute atomic E-state index is 0.898. The third-order valence-electron chi connectivity index (χ3n) is 5.59. The number of fused-ring (bicyclic) bond motifs is 7. The first-order valence-electron chi connectivity index (χ1n) is 8.99. The lowest BCUT2D eigenvalue weighted by Gasteiger charge is -2.14. The molecule has 0 saturated heterocycles. The summed E-state index contributed by atoms with van der Waals surface area (Å²) in [5.74, 6) is 0.898. The van der Waals surface area contributed by atoms with Crippen LogP contribution in [0.1, 0.15) is 11.1 Å². The van der Waals surface area contributed by atoms with E-state index in [1.165, 1.54) is 54.2 Å². The van der Waals surface area contributed by atoms with Gasteiger partial charge in [0, 0.05) is 0 Å². The molecule has 0 aliphatic heterocycles. The molecule has 126 valence electrons. The van der Waals surface area contributed by atoms with Crippen molar-refractivity contribution in [3.8, 4) is 5.75 Å². The Hall–Kier alpha value is -3.06. The predicted molar refractivity (Wildman–Crippen MR) is 112 cm³/mol. The van der Waals surface area contributed by atoms with Gasteiger partial charge in [-0.3, -0.25) is 0 Å². The zero-order valence-electron chi connectivity index (χ0n) is 15.3. The van der Waals surface area contributed by atoms with E-state index in [0.29, 0.717) is 0 Å². The molecule has 0 spiro atoms. The molecule has 0 aliphatic carbocycles. The lowest BCUT2D eigenvalue weighted by atomic mass is 9.90. The normalized spacial score (nSPS) is 11.7. The van der Waals surface area contributed by atoms with E-state index in [2.05, 4.69) is 74.5 Å². The van der Waals surface area contributed by atoms with Crippen LogP contribution < -0.4 is 4.74 Å². The van der Waals surface area contributed by atoms with Gasteiger partial charge in [0.1, 0.15) is 5.75 Å². The molecule has 0 N–H and O–H groups in total. The van der Waals surface area contributed by atoms with Gasteiger partial charge in [-0.1, -0.05) is 54.6 Å². The van der Waals surface area contributed by atoms with Crippen LogP contribution in [-0.4, -0.2) is 7.11 Å². The monoisotopic (exact) mass is 336 g/mol. The van der Waals surface area contributed by atoms with E-state index in [4.69, 9.17) is 4.74 Å². The molecule has 0 aliphatic rings. The summed E-state index contributed by atoms with van der Waals surface area (Å²) in [7, 11) is 1.73. The fourth-order valence-corrected chi connectivity index (χ4v) is 4.23. The smallest absolute Gasteiger partial charge is 0.119 e. The van der Waals surface area contributed by atoms with Crippen molar-refractivity contribution in [1.82, 2.24) is 0 Å². The van der Waals surface area contributed by atoms with Gasteiger partial charge in [0.2, 0.25) is 0 Å². The number of benzene rings is 5. The molecule has 1 nitrogen and oxygen atoms in total. The Balaban J connectivity index is 2.15. The number of ether oxygens (including phenoxy) is 1. The topological polar surface area (TPSA) is 9.23 Å². The van der Waals surface area contributed by atoms with Crippen molar-refractivity contribution in [1.29, 1.82) is 0 Å². The molecule has 0 radical (unpaired) electrons. The number of rotatable bonds is 1. The van der Waals surface area contributed by atoms with Gasteiger partial charge in [0.05, 0.1) is 7.11 Å². The molecular formula is C25H20O. The lowest BCUT2D eigenvalue weighted by molar-refractivity contribution is 0.415. The van der Waals surface area contributed by atoms with Crippen LogP contribution in [0.5, 0.6) is 5.75 Å². The van der Waals surface area contributed by atoms with Crippen molar-refractivity contribution in [2.24, 2.45) is 0 Å². The summed E-state index contributed by atoms with van der Waals surface area (Å²) < 4.78 is 5.51. The summed E-state index contributed by atoms with van der Waals surface area (Å²) in [6, 6.07) is 24.2. The molecule has 5 aromatic rings. The number of hydrogen-bond acceptors (Lipinski definition) is 1. The predicted octanol–water partition coefficient (Wildman–Crippen LogP) is 6.92. The van der Waals surface area contributed by atoms with Crippen LogP contribution in [-0.2, 0) is 0 Å². The Kier molecular flexibility index (Phi) is 3.20. The van der Waals surface area contributed by atoms with E-state index >= 15 is 0 Å². The third-order valence-corrected chi connectivity index (χ3v) is 5.59. The molecule has 0 atom stereocenters. The van der Waals surface area contributed by atoms with Gasteiger partial charge in [0.15, 0.2) is 0 Å². The maximum atomic E-state index is 5.51. The van der Waals surface area contributed by atoms with Crippen LogP contribution in [0.25, 0.3) is 43.1 Å². The molecular weight excluding hydrogens is 316 g/mol. The van der Waals surface area contributed by atoms with Crippen LogP contribution in [0.15, 0.2) is 66.7 Å². The quantitative estimate of drug-likeness (QED) is 0.302. The van der Waals surface area contributed by atoms with Crippen molar-refractivity contribution in [2.75, 3.05) is 7.11 Å². The van der Waals surface area contributed by atoms with Gasteiger partial charge in [-0.05, 0) is 80.2 Å². The van der Waals surface area contributed by atoms with Crippen molar-refractivity contribution < 1.29 is 4.74 Å². The van der Waals surface area contributed by atoms with Gasteiger partial charge in [-0.15, -0.1) is 0 Å². The van der Waals surface area contributed by atoms with Crippen LogP contribution in [0.4, 0.5) is 0 Å². The second-order valence-corrected chi connectivity index (χ2v) is 7.10. The van der Waals surface area contributed by atoms with E-state index < -0.39 is 0 Å². The molecule has 0 fully saturated rings. The molecule has 0 unspecified atom stereocenters. The molecule has 1 heteroatoms. The Bertz CT molecular complexity index is 1320. The van der Waals surface area contributed by atoms with Crippen molar-refractivity contribution in [3.05, 3.63) is 77.9 Å². The van der Waals surface area contributed by atoms with Crippen molar-refractivity contribution in [3.63, 3.8) is 0 Å². The standard InChI is InChI=1S/C25H20O/c1-15-4-5-16(2)23-21(15)13-11-19-9-8-18-7-6-17-10-12-20(26-3)14-22(17)24(18)25(19)23/h4-14H,1-3H3. The Morgan fingerprint density at radius 1 is 0.538 bits per heavy atom. The number of aryl methyl sites for hydroxylation is 2. The first kappa shape index (κ1) is 15.2. The fraction of sp³-hybridized carbons (Fsp3) is 0.120. The van der Waals surface area contributed by atoms with Crippen molar-refractivity contribution >= 4 is 43.1 Å². The highest BCUT2D eigenvalue weighted by Crippen LogP contribution is 2.39. The van der Waals surface area contributed by atoms with E-state index in [-0.39, 0.29) is 0 Å². The zero-order valence-corrected chi connectivity index (χ0v) is 15.3. The molecule has 5 aromatic carbocycles. The van der Waals surface area contributed by atoms with Crippen LogP contribution in [0.2, 0.25) is 0 Å². The minimum Gasteiger partial charge on any atom is -0.497 e. The molecule has 0 aromatic heterocycles. The molecule has 0 bridgehead atoms. The summed E-state index contributed by atoms with van der Waals surface area (Å²) in [5, 5.41) is 10.4. The van der Waals surface area contributed by atoms with Crippen molar-refractivity contribution in [2.45, 2.75) is 13.8 Å². The van der Waals surface area contributed by atoms with Gasteiger partial charge >= 0.3 is 0 Å². The Labute approximate surface area is 152 Å². The minimum atomic E-state index is 0.898. The van der Waals surface area contributed by atoms with E-state index in [1.807, 2.05) is 6.07 Å². The van der Waals surface area contributed by atoms with E-state index in [0.717, 1.165) is 5.75 Å². The average molecular weight is 336 g/mol. The van der Waals surface area contributed by atoms with E-state index in [9.17, 15) is 0 Å². The van der Waals surface area contributed by atoms with Gasteiger partial charge < -0.3 is 4.74 Å². The Morgan fingerprint density at radius 3 is 1.92 bits per heavy atom. The maximum Gasteiger partial charge on any atom is 0.119 e. The molecule has 0 amide bonds. The highest BCUT2D eigenvalue weighted by Gasteiger charge is 2.12. The highest BCUT2D eigenvalue weighted by atomic mass is 16.5. The molecule has 0 heterocycles. The van der Waals surface area contributed by atoms with Gasteiger partial charge in [0.25, 0.3) is 0 Å². The maximum absolute atomic E-state index is 5.51. The lowest BCUT2D eigenvalue weighted by Crippen LogP contribution is -1.88. The van der Waals surface area contributed by atoms with Crippen LogP contribution in [0, 0.1) is 13.8 Å². The first-order valence-corrected chi connectivity index (χ1v) is 8.99. The second-order valence-electron chi connectivity index (χ2n) is 7.10. The average Bonchev–Trinajstić information content (AvgIpc) is 2.69. The molecule has 26 heavy (non-hydrogen) atoms. The second kappa shape index (κ2) is 5.47. The number of methoxy groups -OCH3 is 1. The number of hydrogen-bond donors (Lipinski definition) is 0. The summed E-state index contributed by atoms with van der Waals surface area (Å²) in [6.07, 6.45) is 0. The summed E-state index contributed by atoms with van der Waals surface area (Å²) in [4.78, 5) is 0. The van der Waals surface area contributed by atoms with E-state index in [1.54, 1.807) is 7.11 Å². The Morgan fingerprint density at radius 2 is 1.15 bits per heavy atom. The highest BCUT2D eigenvalue weighted by molar-refractivity contribution is 6.28. The molecule has 5 rings (SSSR count). The largest absolute Gasteiger partial charge is 0.497 e. The summed E-state index contributed by atoms with van der Waals surface area (Å²) in [5.41, 5.74) is 2.64.